The molecular formula is C66H85N9O17S. The van der Waals surface area contributed by atoms with Crippen LogP contribution in [0.15, 0.2) is 81.8 Å². The van der Waals surface area contributed by atoms with Crippen molar-refractivity contribution in [3.63, 3.8) is 0 Å². The van der Waals surface area contributed by atoms with Crippen LogP contribution >= 0.6 is 11.8 Å². The van der Waals surface area contributed by atoms with E-state index < -0.39 is 17.7 Å². The summed E-state index contributed by atoms with van der Waals surface area (Å²) in [6.07, 6.45) is 10.1. The zero-order valence-electron chi connectivity index (χ0n) is 53.8. The number of aliphatic imine (C=N–C) groups is 2. The molecule has 0 bridgehead atoms. The molecule has 9 rings (SSSR count). The Labute approximate surface area is 545 Å². The van der Waals surface area contributed by atoms with E-state index >= 15 is 0 Å². The SMILES string of the molecule is CC=C1C[C@H]2C=Nc3cc(OCc4cc(OCCN5CCN(C(=O)CCC(C)(C)SCC(=O)NCCOCCOCCOCCOCCC(=O)On6c(O)ccc6O)CC5)cc(COc5cc6c(cc5OC)C(=O)N5CC(=CC)C[C@H]5C=N6)n4)c(OC)cc3C(=O)N2C1. The van der Waals surface area contributed by atoms with Crippen LogP contribution in [0.4, 0.5) is 11.4 Å². The van der Waals surface area contributed by atoms with Crippen LogP contribution in [-0.4, -0.2) is 230 Å². The number of amides is 4. The predicted molar refractivity (Wildman–Crippen MR) is 346 cm³/mol. The summed E-state index contributed by atoms with van der Waals surface area (Å²) in [5.41, 5.74) is 5.28. The van der Waals surface area contributed by atoms with Crippen LogP contribution in [0.25, 0.3) is 0 Å². The molecule has 3 saturated heterocycles. The topological polar surface area (TPSA) is 286 Å². The maximum atomic E-state index is 13.8. The molecule has 7 heterocycles. The Morgan fingerprint density at radius 3 is 1.69 bits per heavy atom. The van der Waals surface area contributed by atoms with Gasteiger partial charge >= 0.3 is 5.97 Å². The van der Waals surface area contributed by atoms with Crippen molar-refractivity contribution in [1.29, 1.82) is 0 Å². The van der Waals surface area contributed by atoms with Crippen molar-refractivity contribution in [3.8, 4) is 40.5 Å². The van der Waals surface area contributed by atoms with Gasteiger partial charge in [0, 0.05) is 112 Å². The lowest BCUT2D eigenvalue weighted by atomic mass is 10.1. The number of hydrogen-bond donors (Lipinski definition) is 3. The molecule has 3 fully saturated rings. The number of fused-ring (bicyclic) bond motifs is 4. The minimum atomic E-state index is -0.684. The highest BCUT2D eigenvalue weighted by Crippen LogP contribution is 2.41. The van der Waals surface area contributed by atoms with Crippen LogP contribution in [0.5, 0.6) is 40.5 Å². The van der Waals surface area contributed by atoms with Crippen LogP contribution in [0, 0.1) is 0 Å². The smallest absolute Gasteiger partial charge is 0.335 e. The number of rotatable bonds is 34. The zero-order chi connectivity index (χ0) is 65.9. The first-order valence-electron chi connectivity index (χ1n) is 31.3. The van der Waals surface area contributed by atoms with Crippen molar-refractivity contribution >= 4 is 65.2 Å². The van der Waals surface area contributed by atoms with Gasteiger partial charge in [-0.25, -0.2) is 4.79 Å². The Kier molecular flexibility index (Phi) is 25.0. The van der Waals surface area contributed by atoms with E-state index in [9.17, 15) is 34.2 Å². The molecule has 4 aromatic rings. The number of carbonyl (C=O) groups excluding carboxylic acids is 5. The number of piperazine rings is 1. The van der Waals surface area contributed by atoms with E-state index in [-0.39, 0.29) is 79.1 Å². The van der Waals surface area contributed by atoms with Crippen LogP contribution in [0.2, 0.25) is 0 Å². The minimum Gasteiger partial charge on any atom is -0.493 e. The first kappa shape index (κ1) is 69.1. The molecule has 5 aliphatic heterocycles. The number of benzene rings is 2. The zero-order valence-corrected chi connectivity index (χ0v) is 54.6. The van der Waals surface area contributed by atoms with Gasteiger partial charge in [0.25, 0.3) is 11.8 Å². The number of aromatic nitrogens is 2. The Hall–Kier alpha value is -8.21. The fourth-order valence-electron chi connectivity index (χ4n) is 11.0. The molecule has 0 spiro atoms. The molecule has 2 aromatic heterocycles. The third kappa shape index (κ3) is 19.2. The monoisotopic (exact) mass is 1310 g/mol. The highest BCUT2D eigenvalue weighted by molar-refractivity contribution is 8.01. The molecule has 0 unspecified atom stereocenters. The first-order valence-corrected chi connectivity index (χ1v) is 32.3. The third-order valence-electron chi connectivity index (χ3n) is 16.3. The van der Waals surface area contributed by atoms with Crippen molar-refractivity contribution < 1.29 is 81.7 Å². The van der Waals surface area contributed by atoms with E-state index in [0.717, 1.165) is 12.8 Å². The fraction of sp³-hybridized carbons (Fsp3) is 0.515. The summed E-state index contributed by atoms with van der Waals surface area (Å²) >= 11 is 1.51. The summed E-state index contributed by atoms with van der Waals surface area (Å²) in [5, 5.41) is 21.9. The molecule has 5 aliphatic rings. The van der Waals surface area contributed by atoms with Crippen LogP contribution in [0.1, 0.15) is 91.9 Å². The summed E-state index contributed by atoms with van der Waals surface area (Å²) in [7, 11) is 3.06. The highest BCUT2D eigenvalue weighted by atomic mass is 32.2. The molecule has 93 heavy (non-hydrogen) atoms. The molecular weight excluding hydrogens is 1220 g/mol. The summed E-state index contributed by atoms with van der Waals surface area (Å²) in [5.74, 6) is 0.564. The van der Waals surface area contributed by atoms with Gasteiger partial charge in [-0.1, -0.05) is 37.1 Å². The highest BCUT2D eigenvalue weighted by Gasteiger charge is 2.37. The Morgan fingerprint density at radius 2 is 1.17 bits per heavy atom. The quantitative estimate of drug-likeness (QED) is 0.0343. The number of nitrogens with zero attached hydrogens (tertiary/aromatic N) is 8. The van der Waals surface area contributed by atoms with Gasteiger partial charge in [-0.2, -0.15) is 0 Å². The Bertz CT molecular complexity index is 3240. The summed E-state index contributed by atoms with van der Waals surface area (Å²) in [4.78, 5) is 92.7. The predicted octanol–water partition coefficient (Wildman–Crippen LogP) is 6.27. The molecule has 0 aliphatic carbocycles. The lowest BCUT2D eigenvalue weighted by molar-refractivity contribution is -0.146. The number of nitrogens with one attached hydrogen (secondary N) is 1. The molecule has 0 radical (unpaired) electrons. The second-order valence-corrected chi connectivity index (χ2v) is 24.9. The van der Waals surface area contributed by atoms with E-state index in [1.54, 1.807) is 24.3 Å². The number of ether oxygens (including phenoxy) is 9. The van der Waals surface area contributed by atoms with Gasteiger partial charge in [-0.15, -0.1) is 16.5 Å². The molecule has 26 nitrogen and oxygen atoms in total. The van der Waals surface area contributed by atoms with Gasteiger partial charge < -0.3 is 77.7 Å². The van der Waals surface area contributed by atoms with Crippen molar-refractivity contribution in [3.05, 3.63) is 94.3 Å². The number of aromatic hydroxyl groups is 2. The largest absolute Gasteiger partial charge is 0.493 e. The molecule has 2 aromatic carbocycles. The second-order valence-electron chi connectivity index (χ2n) is 23.2. The molecule has 27 heteroatoms. The normalized spacial score (nSPS) is 17.8. The second kappa shape index (κ2) is 33.6. The van der Waals surface area contributed by atoms with Gasteiger partial charge in [-0.3, -0.25) is 39.0 Å². The standard InChI is InChI=1S/C66H85N9O17S/c1-7-44-29-48-37-68-53-35-57(55(83-5)33-51(53)64(81)73(48)39-44)90-41-46-31-50(32-47(70-46)42-91-58-36-54-52(34-56(58)84-6)65(82)74-40-45(8-2)30-49(74)38-69-54)89-22-19-71-15-17-72(18-16-71)60(77)11-13-66(3,4)93-43-59(76)67-14-21-86-24-26-88-28-27-87-25-23-85-20-12-63(80)92-75-61(78)9-10-62(75)79/h7-10,31-38,48-49,78-79H,11-30,39-43H2,1-6H3,(H,67,76)/t48-,49-/m0/s1. The number of hydrogen-bond acceptors (Lipinski definition) is 22. The summed E-state index contributed by atoms with van der Waals surface area (Å²) in [6.45, 7) is 15.4. The number of allylic oxidation sites excluding steroid dienone is 2. The van der Waals surface area contributed by atoms with Crippen LogP contribution < -0.4 is 33.8 Å². The van der Waals surface area contributed by atoms with Gasteiger partial charge in [0.1, 0.15) is 25.6 Å². The van der Waals surface area contributed by atoms with Crippen LogP contribution in [-0.2, 0) is 46.5 Å². The van der Waals surface area contributed by atoms with Crippen molar-refractivity contribution in [2.45, 2.75) is 89.8 Å². The summed E-state index contributed by atoms with van der Waals surface area (Å²) in [6, 6.07) is 12.5. The molecule has 0 saturated carbocycles. The van der Waals surface area contributed by atoms with Crippen LogP contribution in [0.3, 0.4) is 0 Å². The van der Waals surface area contributed by atoms with Gasteiger partial charge in [0.05, 0.1) is 125 Å². The number of pyridine rings is 1. The lowest BCUT2D eigenvalue weighted by Gasteiger charge is -2.35. The van der Waals surface area contributed by atoms with Gasteiger partial charge in [0.2, 0.25) is 23.6 Å². The Balaban J connectivity index is 0.688. The van der Waals surface area contributed by atoms with Crippen molar-refractivity contribution in [2.75, 3.05) is 132 Å². The van der Waals surface area contributed by atoms with E-state index in [2.05, 4.69) is 22.4 Å². The van der Waals surface area contributed by atoms with E-state index in [0.29, 0.717) is 179 Å². The fourth-order valence-corrected chi connectivity index (χ4v) is 11.8. The number of methoxy groups -OCH3 is 2. The average Bonchev–Trinajstić information content (AvgIpc) is 1.70. The van der Waals surface area contributed by atoms with E-state index in [1.807, 2.05) is 67.0 Å². The molecule has 3 N–H and O–H groups in total. The lowest BCUT2D eigenvalue weighted by Crippen LogP contribution is -2.49. The maximum absolute atomic E-state index is 13.8. The number of carbonyl (C=O) groups is 5. The maximum Gasteiger partial charge on any atom is 0.335 e. The van der Waals surface area contributed by atoms with E-state index in [1.165, 1.54) is 49.3 Å². The molecule has 4 amide bonds. The van der Waals surface area contributed by atoms with Crippen molar-refractivity contribution in [2.24, 2.45) is 9.98 Å². The molecule has 2 atom stereocenters. The van der Waals surface area contributed by atoms with Gasteiger partial charge in [-0.05, 0) is 45.2 Å². The summed E-state index contributed by atoms with van der Waals surface area (Å²) < 4.78 is 53.0. The Morgan fingerprint density at radius 1 is 0.656 bits per heavy atom. The average molecular weight is 1310 g/mol. The minimum absolute atomic E-state index is 0.00516. The third-order valence-corrected chi connectivity index (χ3v) is 17.7. The van der Waals surface area contributed by atoms with Gasteiger partial charge in [0.15, 0.2) is 23.0 Å². The number of thioether (sulfide) groups is 1. The first-order chi connectivity index (χ1) is 45.0. The van der Waals surface area contributed by atoms with Crippen molar-refractivity contribution in [1.82, 2.24) is 34.6 Å². The molecule has 502 valence electrons. The van der Waals surface area contributed by atoms with E-state index in [4.69, 9.17) is 62.4 Å².